The Morgan fingerprint density at radius 1 is 0.885 bits per heavy atom. The Bertz CT molecular complexity index is 750. The Kier molecular flexibility index (Phi) is 6.16. The lowest BCUT2D eigenvalue weighted by molar-refractivity contribution is 0.0569. The third-order valence-electron chi connectivity index (χ3n) is 6.00. The van der Waals surface area contributed by atoms with Crippen LogP contribution in [-0.4, -0.2) is 18.0 Å². The summed E-state index contributed by atoms with van der Waals surface area (Å²) >= 11 is 0. The summed E-state index contributed by atoms with van der Waals surface area (Å²) in [6, 6.07) is 18.1. The molecular formula is C23H27ClFN. The lowest BCUT2D eigenvalue weighted by Gasteiger charge is -2.48. The Morgan fingerprint density at radius 3 is 2.31 bits per heavy atom. The molecule has 0 bridgehead atoms. The molecule has 1 heterocycles. The highest BCUT2D eigenvalue weighted by Gasteiger charge is 2.39. The first-order chi connectivity index (χ1) is 12.3. The molecule has 1 fully saturated rings. The van der Waals surface area contributed by atoms with Crippen molar-refractivity contribution in [2.45, 2.75) is 44.1 Å². The lowest BCUT2D eigenvalue weighted by Crippen LogP contribution is -2.49. The van der Waals surface area contributed by atoms with Crippen molar-refractivity contribution < 1.29 is 4.39 Å². The van der Waals surface area contributed by atoms with Gasteiger partial charge >= 0.3 is 0 Å². The van der Waals surface area contributed by atoms with E-state index in [1.807, 2.05) is 12.1 Å². The smallest absolute Gasteiger partial charge is 0.123 e. The molecule has 2 aromatic rings. The van der Waals surface area contributed by atoms with Crippen molar-refractivity contribution in [3.63, 3.8) is 0 Å². The Hall–Kier alpha value is -1.64. The van der Waals surface area contributed by atoms with Crippen LogP contribution in [0.3, 0.4) is 0 Å². The van der Waals surface area contributed by atoms with E-state index >= 15 is 0 Å². The molecule has 0 unspecified atom stereocenters. The van der Waals surface area contributed by atoms with E-state index in [1.165, 1.54) is 49.3 Å². The van der Waals surface area contributed by atoms with Gasteiger partial charge < -0.3 is 0 Å². The largest absolute Gasteiger partial charge is 0.290 e. The first kappa shape index (κ1) is 19.1. The quantitative estimate of drug-likeness (QED) is 0.621. The van der Waals surface area contributed by atoms with Crippen molar-refractivity contribution in [2.75, 3.05) is 13.1 Å². The Morgan fingerprint density at radius 2 is 1.65 bits per heavy atom. The van der Waals surface area contributed by atoms with Gasteiger partial charge in [-0.25, -0.2) is 4.39 Å². The molecule has 138 valence electrons. The minimum Gasteiger partial charge on any atom is -0.290 e. The summed E-state index contributed by atoms with van der Waals surface area (Å²) in [5, 5.41) is 0. The molecule has 2 aromatic carbocycles. The molecule has 1 saturated carbocycles. The van der Waals surface area contributed by atoms with E-state index in [9.17, 15) is 4.39 Å². The van der Waals surface area contributed by atoms with Crippen LogP contribution in [0.25, 0.3) is 5.57 Å². The van der Waals surface area contributed by atoms with Gasteiger partial charge in [0, 0.05) is 18.6 Å². The summed E-state index contributed by atoms with van der Waals surface area (Å²) in [6.45, 7) is 2.01. The summed E-state index contributed by atoms with van der Waals surface area (Å²) in [5.74, 6) is -0.145. The number of nitrogens with zero attached hydrogens (tertiary/aromatic N) is 1. The summed E-state index contributed by atoms with van der Waals surface area (Å²) in [4.78, 5) is 2.67. The van der Waals surface area contributed by atoms with Crippen molar-refractivity contribution in [1.29, 1.82) is 0 Å². The van der Waals surface area contributed by atoms with E-state index in [1.54, 1.807) is 6.07 Å². The Balaban J connectivity index is 0.00000196. The lowest BCUT2D eigenvalue weighted by atomic mass is 9.74. The number of benzene rings is 2. The van der Waals surface area contributed by atoms with Gasteiger partial charge in [0.1, 0.15) is 5.82 Å². The van der Waals surface area contributed by atoms with Crippen LogP contribution in [0.1, 0.15) is 49.7 Å². The molecule has 0 aromatic heterocycles. The van der Waals surface area contributed by atoms with Gasteiger partial charge in [-0.2, -0.15) is 0 Å². The second-order valence-corrected chi connectivity index (χ2v) is 7.39. The van der Waals surface area contributed by atoms with Gasteiger partial charge in [0.2, 0.25) is 0 Å². The zero-order valence-corrected chi connectivity index (χ0v) is 16.0. The summed E-state index contributed by atoms with van der Waals surface area (Å²) in [6.07, 6.45) is 9.79. The SMILES string of the molecule is Cl.Fc1cccc(C2=CCN(C3(c4ccccc4)CCCCC3)CC2)c1. The third kappa shape index (κ3) is 3.72. The highest BCUT2D eigenvalue weighted by molar-refractivity contribution is 5.85. The molecule has 1 aliphatic heterocycles. The first-order valence-corrected chi connectivity index (χ1v) is 9.53. The number of halogens is 2. The first-order valence-electron chi connectivity index (χ1n) is 9.53. The van der Waals surface area contributed by atoms with Gasteiger partial charge in [-0.3, -0.25) is 4.90 Å². The zero-order valence-electron chi connectivity index (χ0n) is 15.2. The zero-order chi connectivity index (χ0) is 17.1. The molecule has 0 N–H and O–H groups in total. The monoisotopic (exact) mass is 371 g/mol. The summed E-state index contributed by atoms with van der Waals surface area (Å²) in [5.41, 5.74) is 3.98. The number of hydrogen-bond acceptors (Lipinski definition) is 1. The molecule has 0 saturated heterocycles. The van der Waals surface area contributed by atoms with Gasteiger partial charge in [0.15, 0.2) is 0 Å². The van der Waals surface area contributed by atoms with Gasteiger partial charge in [-0.15, -0.1) is 12.4 Å². The molecule has 3 heteroatoms. The maximum atomic E-state index is 13.5. The van der Waals surface area contributed by atoms with Crippen LogP contribution < -0.4 is 0 Å². The van der Waals surface area contributed by atoms with Gasteiger partial charge in [0.05, 0.1) is 0 Å². The van der Waals surface area contributed by atoms with E-state index in [2.05, 4.69) is 41.3 Å². The second-order valence-electron chi connectivity index (χ2n) is 7.39. The van der Waals surface area contributed by atoms with Crippen LogP contribution in [0.2, 0.25) is 0 Å². The van der Waals surface area contributed by atoms with E-state index in [0.717, 1.165) is 25.1 Å². The fourth-order valence-electron chi connectivity index (χ4n) is 4.68. The van der Waals surface area contributed by atoms with Crippen LogP contribution >= 0.6 is 12.4 Å². The summed E-state index contributed by atoms with van der Waals surface area (Å²) in [7, 11) is 0. The van der Waals surface area contributed by atoms with Crippen molar-refractivity contribution in [3.05, 3.63) is 77.6 Å². The molecule has 26 heavy (non-hydrogen) atoms. The average molecular weight is 372 g/mol. The molecule has 2 aliphatic rings. The van der Waals surface area contributed by atoms with Crippen LogP contribution in [0.15, 0.2) is 60.7 Å². The van der Waals surface area contributed by atoms with E-state index < -0.39 is 0 Å². The predicted octanol–water partition coefficient (Wildman–Crippen LogP) is 6.20. The Labute approximate surface area is 162 Å². The van der Waals surface area contributed by atoms with Crippen molar-refractivity contribution in [1.82, 2.24) is 4.90 Å². The molecule has 0 radical (unpaired) electrons. The number of rotatable bonds is 3. The van der Waals surface area contributed by atoms with Crippen molar-refractivity contribution in [3.8, 4) is 0 Å². The minimum atomic E-state index is -0.145. The topological polar surface area (TPSA) is 3.24 Å². The average Bonchev–Trinajstić information content (AvgIpc) is 2.69. The van der Waals surface area contributed by atoms with E-state index in [-0.39, 0.29) is 23.8 Å². The third-order valence-corrected chi connectivity index (χ3v) is 6.00. The summed E-state index contributed by atoms with van der Waals surface area (Å²) < 4.78 is 13.5. The fourth-order valence-corrected chi connectivity index (χ4v) is 4.68. The van der Waals surface area contributed by atoms with Crippen LogP contribution in [0.5, 0.6) is 0 Å². The molecule has 0 atom stereocenters. The second kappa shape index (κ2) is 8.37. The highest BCUT2D eigenvalue weighted by Crippen LogP contribution is 2.43. The molecule has 1 nitrogen and oxygen atoms in total. The van der Waals surface area contributed by atoms with E-state index in [0.29, 0.717) is 0 Å². The minimum absolute atomic E-state index is 0. The number of hydrogen-bond donors (Lipinski definition) is 0. The molecule has 0 amide bonds. The fraction of sp³-hybridized carbons (Fsp3) is 0.391. The maximum Gasteiger partial charge on any atom is 0.123 e. The normalized spacial score (nSPS) is 20.1. The van der Waals surface area contributed by atoms with Gasteiger partial charge in [0.25, 0.3) is 0 Å². The van der Waals surface area contributed by atoms with Crippen LogP contribution in [0.4, 0.5) is 4.39 Å². The molecule has 1 aliphatic carbocycles. The standard InChI is InChI=1S/C23H26FN.ClH/c24-22-11-7-8-20(18-22)19-12-16-25(17-13-19)23(14-5-2-6-15-23)21-9-3-1-4-10-21;/h1,3-4,7-12,18H,2,5-6,13-17H2;1H. The van der Waals surface area contributed by atoms with Gasteiger partial charge in [-0.05, 0) is 48.1 Å². The van der Waals surface area contributed by atoms with Crippen LogP contribution in [-0.2, 0) is 5.54 Å². The van der Waals surface area contributed by atoms with Gasteiger partial charge in [-0.1, -0.05) is 67.8 Å². The predicted molar refractivity (Wildman–Crippen MR) is 109 cm³/mol. The molecule has 4 rings (SSSR count). The highest BCUT2D eigenvalue weighted by atomic mass is 35.5. The maximum absolute atomic E-state index is 13.5. The van der Waals surface area contributed by atoms with Crippen molar-refractivity contribution >= 4 is 18.0 Å². The van der Waals surface area contributed by atoms with Crippen LogP contribution in [0, 0.1) is 5.82 Å². The van der Waals surface area contributed by atoms with Crippen molar-refractivity contribution in [2.24, 2.45) is 0 Å². The van der Waals surface area contributed by atoms with E-state index in [4.69, 9.17) is 0 Å². The molecular weight excluding hydrogens is 345 g/mol. The molecule has 0 spiro atoms.